The smallest absolute Gasteiger partial charge is 0.145 e. The fourth-order valence-electron chi connectivity index (χ4n) is 11.8. The molecule has 0 bridgehead atoms. The maximum Gasteiger partial charge on any atom is 0.145 e. The molecule has 2 heteroatoms. The lowest BCUT2D eigenvalue weighted by molar-refractivity contribution is 1.10. The zero-order valence-electron chi connectivity index (χ0n) is 36.0. The summed E-state index contributed by atoms with van der Waals surface area (Å²) in [7, 11) is 0. The molecule has 65 heavy (non-hydrogen) atoms. The summed E-state index contributed by atoms with van der Waals surface area (Å²) in [6.45, 7) is 4.54. The Bertz CT molecular complexity index is 4200. The van der Waals surface area contributed by atoms with E-state index >= 15 is 0 Å². The number of nitrogens with zero attached hydrogens (tertiary/aromatic N) is 2. The number of para-hydroxylation sites is 3. The van der Waals surface area contributed by atoms with Crippen LogP contribution in [0.2, 0.25) is 0 Å². The maximum atomic E-state index is 5.24. The quantitative estimate of drug-likeness (QED) is 0.158. The molecule has 13 aromatic carbocycles. The summed E-state index contributed by atoms with van der Waals surface area (Å²) in [5.74, 6) is 0.950. The molecule has 0 fully saturated rings. The van der Waals surface area contributed by atoms with Crippen LogP contribution < -0.4 is 0 Å². The first-order valence-electron chi connectivity index (χ1n) is 22.6. The van der Waals surface area contributed by atoms with Crippen LogP contribution in [0.1, 0.15) is 11.1 Å². The summed E-state index contributed by atoms with van der Waals surface area (Å²) in [6.07, 6.45) is 0. The SMILES string of the molecule is Cc1cc(-c2nc3ccccc3n2-c2ccccc2)cc(C)c1-c1ccc2c3c(-c4ccccc4)c4cc5c6ccccc6c6cccc(c4c(-c4ccccc4)c3c3cccc1c23)c65. The maximum absolute atomic E-state index is 5.24. The Morgan fingerprint density at radius 1 is 0.323 bits per heavy atom. The molecule has 0 spiro atoms. The number of benzene rings is 11. The van der Waals surface area contributed by atoms with Gasteiger partial charge in [0.15, 0.2) is 0 Å². The fourth-order valence-corrected chi connectivity index (χ4v) is 11.8. The molecule has 0 radical (unpaired) electrons. The van der Waals surface area contributed by atoms with E-state index in [9.17, 15) is 0 Å². The summed E-state index contributed by atoms with van der Waals surface area (Å²) in [5.41, 5.74) is 14.4. The van der Waals surface area contributed by atoms with Gasteiger partial charge in [0.25, 0.3) is 0 Å². The Balaban J connectivity index is 1.10. The van der Waals surface area contributed by atoms with Crippen molar-refractivity contribution in [3.8, 4) is 50.5 Å². The van der Waals surface area contributed by atoms with Crippen LogP contribution in [-0.2, 0) is 0 Å². The minimum absolute atomic E-state index is 0.950. The molecule has 14 aromatic rings. The number of imidazole rings is 1. The van der Waals surface area contributed by atoms with Crippen LogP contribution in [0.25, 0.3) is 137 Å². The van der Waals surface area contributed by atoms with E-state index < -0.39 is 0 Å². The lowest BCUT2D eigenvalue weighted by atomic mass is 9.84. The minimum Gasteiger partial charge on any atom is -0.292 e. The van der Waals surface area contributed by atoms with Gasteiger partial charge in [0, 0.05) is 11.3 Å². The number of aromatic nitrogens is 2. The molecule has 0 aliphatic heterocycles. The van der Waals surface area contributed by atoms with E-state index in [1.54, 1.807) is 0 Å². The van der Waals surface area contributed by atoms with E-state index in [2.05, 4.69) is 225 Å². The van der Waals surface area contributed by atoms with Crippen LogP contribution >= 0.6 is 0 Å². The normalized spacial score (nSPS) is 12.2. The molecule has 0 unspecified atom stereocenters. The Morgan fingerprint density at radius 3 is 1.57 bits per heavy atom. The van der Waals surface area contributed by atoms with Crippen LogP contribution in [0.15, 0.2) is 206 Å². The van der Waals surface area contributed by atoms with Gasteiger partial charge in [-0.25, -0.2) is 4.98 Å². The van der Waals surface area contributed by atoms with Gasteiger partial charge in [-0.15, -0.1) is 0 Å². The van der Waals surface area contributed by atoms with Crippen molar-refractivity contribution in [3.63, 3.8) is 0 Å². The third kappa shape index (κ3) is 5.02. The van der Waals surface area contributed by atoms with Crippen LogP contribution in [0, 0.1) is 13.8 Å². The third-order valence-electron chi connectivity index (χ3n) is 14.3. The molecule has 0 atom stereocenters. The average Bonchev–Trinajstić information content (AvgIpc) is 4.02. The summed E-state index contributed by atoms with van der Waals surface area (Å²) in [5, 5.41) is 18.3. The van der Waals surface area contributed by atoms with Gasteiger partial charge < -0.3 is 0 Å². The summed E-state index contributed by atoms with van der Waals surface area (Å²) < 4.78 is 2.30. The largest absolute Gasteiger partial charge is 0.292 e. The Labute approximate surface area is 375 Å². The second kappa shape index (κ2) is 13.6. The third-order valence-corrected chi connectivity index (χ3v) is 14.3. The molecule has 1 heterocycles. The Kier molecular flexibility index (Phi) is 7.56. The number of hydrogen-bond acceptors (Lipinski definition) is 1. The van der Waals surface area contributed by atoms with Crippen molar-refractivity contribution in [3.05, 3.63) is 217 Å². The zero-order valence-corrected chi connectivity index (χ0v) is 36.0. The van der Waals surface area contributed by atoms with E-state index in [0.29, 0.717) is 0 Å². The van der Waals surface area contributed by atoms with E-state index in [1.807, 2.05) is 0 Å². The Hall–Kier alpha value is -8.33. The molecule has 1 aromatic heterocycles. The molecule has 0 N–H and O–H groups in total. The Morgan fingerprint density at radius 2 is 0.846 bits per heavy atom. The second-order valence-corrected chi connectivity index (χ2v) is 17.8. The fraction of sp³-hybridized carbons (Fsp3) is 0.0317. The van der Waals surface area contributed by atoms with Crippen LogP contribution in [0.5, 0.6) is 0 Å². The van der Waals surface area contributed by atoms with E-state index in [-0.39, 0.29) is 0 Å². The summed E-state index contributed by atoms with van der Waals surface area (Å²) in [6, 6.07) is 76.3. The van der Waals surface area contributed by atoms with Gasteiger partial charge >= 0.3 is 0 Å². The molecule has 0 amide bonds. The van der Waals surface area contributed by atoms with Gasteiger partial charge in [-0.2, -0.15) is 0 Å². The topological polar surface area (TPSA) is 17.8 Å². The number of fused-ring (bicyclic) bond motifs is 9. The van der Waals surface area contributed by atoms with Gasteiger partial charge in [-0.3, -0.25) is 4.57 Å². The highest BCUT2D eigenvalue weighted by Gasteiger charge is 2.27. The first-order valence-corrected chi connectivity index (χ1v) is 22.6. The van der Waals surface area contributed by atoms with Crippen LogP contribution in [0.4, 0.5) is 0 Å². The lowest BCUT2D eigenvalue weighted by Crippen LogP contribution is -1.99. The van der Waals surface area contributed by atoms with Gasteiger partial charge in [0.2, 0.25) is 0 Å². The summed E-state index contributed by atoms with van der Waals surface area (Å²) >= 11 is 0. The first kappa shape index (κ1) is 36.2. The summed E-state index contributed by atoms with van der Waals surface area (Å²) in [4.78, 5) is 5.24. The molecule has 0 aliphatic rings. The van der Waals surface area contributed by atoms with Gasteiger partial charge in [-0.1, -0.05) is 164 Å². The van der Waals surface area contributed by atoms with Crippen molar-refractivity contribution in [1.29, 1.82) is 0 Å². The van der Waals surface area contributed by atoms with Gasteiger partial charge in [0.05, 0.1) is 11.0 Å². The first-order chi connectivity index (χ1) is 32.1. The molecule has 14 rings (SSSR count). The lowest BCUT2D eigenvalue weighted by Gasteiger charge is -2.19. The molecule has 0 saturated heterocycles. The minimum atomic E-state index is 0.950. The molecule has 302 valence electrons. The molecule has 0 saturated carbocycles. The van der Waals surface area contributed by atoms with Crippen molar-refractivity contribution in [2.45, 2.75) is 13.8 Å². The standard InChI is InChI=1S/C63H40N2/c1-37-34-41(63-64-53-30-14-15-31-54(53)65(63)42-22-10-5-11-23-42)35-38(2)55(37)47-32-33-50-58-46(47)27-17-29-49(58)62-57(40-20-8-4-9-21-40)60-48-28-16-26-45-43-24-12-13-25-44(43)51(59(45)48)36-52(60)56(61(50)62)39-18-6-3-7-19-39/h3-36H,1-2H3. The number of aryl methyl sites for hydroxylation is 2. The predicted octanol–water partition coefficient (Wildman–Crippen LogP) is 17.3. The number of hydrogen-bond donors (Lipinski definition) is 0. The number of rotatable bonds is 5. The zero-order chi connectivity index (χ0) is 42.9. The van der Waals surface area contributed by atoms with Crippen molar-refractivity contribution < 1.29 is 0 Å². The van der Waals surface area contributed by atoms with E-state index in [4.69, 9.17) is 4.98 Å². The van der Waals surface area contributed by atoms with Crippen molar-refractivity contribution in [2.75, 3.05) is 0 Å². The highest BCUT2D eigenvalue weighted by atomic mass is 15.1. The van der Waals surface area contributed by atoms with E-state index in [0.717, 1.165) is 28.1 Å². The van der Waals surface area contributed by atoms with E-state index in [1.165, 1.54) is 120 Å². The molecular weight excluding hydrogens is 785 g/mol. The predicted molar refractivity (Wildman–Crippen MR) is 277 cm³/mol. The average molecular weight is 825 g/mol. The molecule has 0 aliphatic carbocycles. The van der Waals surface area contributed by atoms with Crippen molar-refractivity contribution in [2.24, 2.45) is 0 Å². The highest BCUT2D eigenvalue weighted by molar-refractivity contribution is 6.45. The van der Waals surface area contributed by atoms with Crippen molar-refractivity contribution in [1.82, 2.24) is 9.55 Å². The van der Waals surface area contributed by atoms with Crippen LogP contribution in [0.3, 0.4) is 0 Å². The van der Waals surface area contributed by atoms with Crippen molar-refractivity contribution >= 4 is 86.4 Å². The molecule has 2 nitrogen and oxygen atoms in total. The van der Waals surface area contributed by atoms with Gasteiger partial charge in [0.1, 0.15) is 5.82 Å². The monoisotopic (exact) mass is 824 g/mol. The molecular formula is C63H40N2. The van der Waals surface area contributed by atoms with Crippen LogP contribution in [-0.4, -0.2) is 9.55 Å². The van der Waals surface area contributed by atoms with Gasteiger partial charge in [-0.05, 0) is 176 Å². The highest BCUT2D eigenvalue weighted by Crippen LogP contribution is 2.55. The second-order valence-electron chi connectivity index (χ2n) is 17.8.